The first kappa shape index (κ1) is 15.8. The molecule has 0 spiro atoms. The Morgan fingerprint density at radius 1 is 1.29 bits per heavy atom. The van der Waals surface area contributed by atoms with Crippen LogP contribution in [0, 0.1) is 6.92 Å². The second kappa shape index (κ2) is 6.89. The Kier molecular flexibility index (Phi) is 5.17. The SMILES string of the molecule is Cc1ccc(O)c(C(C(=O)O)N2CCN(CCO)CC2)c1. The van der Waals surface area contributed by atoms with E-state index >= 15 is 0 Å². The van der Waals surface area contributed by atoms with E-state index in [1.54, 1.807) is 18.2 Å². The van der Waals surface area contributed by atoms with Gasteiger partial charge in [-0.1, -0.05) is 17.7 Å². The number of piperazine rings is 1. The van der Waals surface area contributed by atoms with Gasteiger partial charge in [-0.25, -0.2) is 0 Å². The fourth-order valence-electron chi connectivity index (χ4n) is 2.77. The standard InChI is InChI=1S/C15H22N2O4/c1-11-2-3-13(19)12(10-11)14(15(20)21)17-6-4-16(5-7-17)8-9-18/h2-3,10,14,18-19H,4-9H2,1H3,(H,20,21). The van der Waals surface area contributed by atoms with Gasteiger partial charge in [0.05, 0.1) is 6.61 Å². The van der Waals surface area contributed by atoms with Crippen molar-refractivity contribution < 1.29 is 20.1 Å². The highest BCUT2D eigenvalue weighted by Gasteiger charge is 2.32. The molecule has 1 aromatic rings. The summed E-state index contributed by atoms with van der Waals surface area (Å²) in [4.78, 5) is 15.6. The predicted octanol–water partition coefficient (Wildman–Crippen LogP) is 0.436. The van der Waals surface area contributed by atoms with E-state index < -0.39 is 12.0 Å². The third-order valence-electron chi connectivity index (χ3n) is 3.90. The summed E-state index contributed by atoms with van der Waals surface area (Å²) in [6.45, 7) is 5.24. The minimum atomic E-state index is -0.952. The zero-order valence-corrected chi connectivity index (χ0v) is 12.2. The van der Waals surface area contributed by atoms with E-state index in [0.29, 0.717) is 25.2 Å². The molecule has 0 radical (unpaired) electrons. The van der Waals surface area contributed by atoms with Gasteiger partial charge in [0.25, 0.3) is 0 Å². The number of aliphatic hydroxyl groups is 1. The number of rotatable bonds is 5. The van der Waals surface area contributed by atoms with Gasteiger partial charge in [-0.2, -0.15) is 0 Å². The molecular formula is C15H22N2O4. The second-order valence-electron chi connectivity index (χ2n) is 5.40. The maximum absolute atomic E-state index is 11.7. The molecule has 6 nitrogen and oxygen atoms in total. The van der Waals surface area contributed by atoms with Crippen LogP contribution in [0.5, 0.6) is 5.75 Å². The third kappa shape index (κ3) is 3.72. The van der Waals surface area contributed by atoms with Crippen LogP contribution in [0.4, 0.5) is 0 Å². The van der Waals surface area contributed by atoms with Crippen LogP contribution in [-0.4, -0.2) is 70.4 Å². The molecule has 1 aromatic carbocycles. The number of phenolic OH excluding ortho intramolecular Hbond substituents is 1. The summed E-state index contributed by atoms with van der Waals surface area (Å²) in [6, 6.07) is 4.20. The number of aromatic hydroxyl groups is 1. The zero-order valence-electron chi connectivity index (χ0n) is 12.2. The van der Waals surface area contributed by atoms with Crippen LogP contribution >= 0.6 is 0 Å². The number of aryl methyl sites for hydroxylation is 1. The summed E-state index contributed by atoms with van der Waals surface area (Å²) in [5.74, 6) is -0.933. The molecule has 0 bridgehead atoms. The largest absolute Gasteiger partial charge is 0.508 e. The lowest BCUT2D eigenvalue weighted by Gasteiger charge is -2.37. The molecule has 21 heavy (non-hydrogen) atoms. The molecule has 1 heterocycles. The fraction of sp³-hybridized carbons (Fsp3) is 0.533. The molecule has 3 N–H and O–H groups in total. The van der Waals surface area contributed by atoms with Crippen LogP contribution in [0.2, 0.25) is 0 Å². The molecule has 1 atom stereocenters. The molecule has 2 rings (SSSR count). The first-order chi connectivity index (χ1) is 10.0. The number of carboxylic acid groups (broad SMARTS) is 1. The van der Waals surface area contributed by atoms with Crippen molar-refractivity contribution in [2.45, 2.75) is 13.0 Å². The van der Waals surface area contributed by atoms with E-state index in [0.717, 1.165) is 18.7 Å². The zero-order chi connectivity index (χ0) is 15.4. The van der Waals surface area contributed by atoms with Crippen molar-refractivity contribution in [1.82, 2.24) is 9.80 Å². The number of benzene rings is 1. The van der Waals surface area contributed by atoms with Crippen LogP contribution in [-0.2, 0) is 4.79 Å². The topological polar surface area (TPSA) is 84.2 Å². The van der Waals surface area contributed by atoms with Gasteiger partial charge in [0.1, 0.15) is 11.8 Å². The van der Waals surface area contributed by atoms with Crippen molar-refractivity contribution >= 4 is 5.97 Å². The van der Waals surface area contributed by atoms with Gasteiger partial charge in [0.2, 0.25) is 0 Å². The van der Waals surface area contributed by atoms with Crippen molar-refractivity contribution in [3.8, 4) is 5.75 Å². The number of nitrogens with zero attached hydrogens (tertiary/aromatic N) is 2. The normalized spacial score (nSPS) is 18.6. The molecule has 116 valence electrons. The highest BCUT2D eigenvalue weighted by atomic mass is 16.4. The summed E-state index contributed by atoms with van der Waals surface area (Å²) >= 11 is 0. The van der Waals surface area contributed by atoms with Crippen molar-refractivity contribution in [3.63, 3.8) is 0 Å². The highest BCUT2D eigenvalue weighted by Crippen LogP contribution is 2.30. The number of carboxylic acids is 1. The van der Waals surface area contributed by atoms with E-state index in [4.69, 9.17) is 5.11 Å². The van der Waals surface area contributed by atoms with Crippen LogP contribution < -0.4 is 0 Å². The van der Waals surface area contributed by atoms with Crippen LogP contribution in [0.25, 0.3) is 0 Å². The number of carbonyl (C=O) groups is 1. The van der Waals surface area contributed by atoms with Crippen molar-refractivity contribution in [1.29, 1.82) is 0 Å². The number of hydrogen-bond donors (Lipinski definition) is 3. The number of aliphatic carboxylic acids is 1. The van der Waals surface area contributed by atoms with Crippen molar-refractivity contribution in [2.24, 2.45) is 0 Å². The van der Waals surface area contributed by atoms with E-state index in [1.807, 2.05) is 11.8 Å². The van der Waals surface area contributed by atoms with Gasteiger partial charge in [0, 0.05) is 38.3 Å². The quantitative estimate of drug-likeness (QED) is 0.730. The van der Waals surface area contributed by atoms with Crippen LogP contribution in [0.15, 0.2) is 18.2 Å². The molecule has 0 saturated carbocycles. The maximum atomic E-state index is 11.7. The van der Waals surface area contributed by atoms with E-state index in [9.17, 15) is 15.0 Å². The monoisotopic (exact) mass is 294 g/mol. The molecular weight excluding hydrogens is 272 g/mol. The van der Waals surface area contributed by atoms with Crippen LogP contribution in [0.1, 0.15) is 17.2 Å². The molecule has 1 aliphatic heterocycles. The minimum Gasteiger partial charge on any atom is -0.508 e. The van der Waals surface area contributed by atoms with Gasteiger partial charge in [-0.15, -0.1) is 0 Å². The molecule has 0 aromatic heterocycles. The van der Waals surface area contributed by atoms with Gasteiger partial charge < -0.3 is 15.3 Å². The molecule has 1 fully saturated rings. The average molecular weight is 294 g/mol. The van der Waals surface area contributed by atoms with Gasteiger partial charge in [-0.3, -0.25) is 14.6 Å². The number of phenols is 1. The lowest BCUT2D eigenvalue weighted by atomic mass is 10.0. The minimum absolute atomic E-state index is 0.0192. The van der Waals surface area contributed by atoms with E-state index in [1.165, 1.54) is 0 Å². The predicted molar refractivity (Wildman–Crippen MR) is 78.3 cm³/mol. The Morgan fingerprint density at radius 3 is 2.52 bits per heavy atom. The van der Waals surface area contributed by atoms with Crippen LogP contribution in [0.3, 0.4) is 0 Å². The lowest BCUT2D eigenvalue weighted by molar-refractivity contribution is -0.144. The van der Waals surface area contributed by atoms with Crippen molar-refractivity contribution in [3.05, 3.63) is 29.3 Å². The Balaban J connectivity index is 2.17. The van der Waals surface area contributed by atoms with E-state index in [2.05, 4.69) is 4.90 Å². The molecule has 6 heteroatoms. The molecule has 1 unspecified atom stereocenters. The van der Waals surface area contributed by atoms with Gasteiger partial charge in [-0.05, 0) is 13.0 Å². The number of hydrogen-bond acceptors (Lipinski definition) is 5. The summed E-state index contributed by atoms with van der Waals surface area (Å²) < 4.78 is 0. The third-order valence-corrected chi connectivity index (χ3v) is 3.90. The summed E-state index contributed by atoms with van der Waals surface area (Å²) in [5, 5.41) is 28.5. The molecule has 0 aliphatic carbocycles. The summed E-state index contributed by atoms with van der Waals surface area (Å²) in [7, 11) is 0. The second-order valence-corrected chi connectivity index (χ2v) is 5.40. The Bertz CT molecular complexity index is 498. The first-order valence-electron chi connectivity index (χ1n) is 7.12. The molecule has 1 aliphatic rings. The van der Waals surface area contributed by atoms with E-state index in [-0.39, 0.29) is 12.4 Å². The molecule has 1 saturated heterocycles. The summed E-state index contributed by atoms with van der Waals surface area (Å²) in [6.07, 6.45) is 0. The molecule has 0 amide bonds. The Hall–Kier alpha value is -1.63. The first-order valence-corrected chi connectivity index (χ1v) is 7.12. The Morgan fingerprint density at radius 2 is 1.95 bits per heavy atom. The average Bonchev–Trinajstić information content (AvgIpc) is 2.45. The number of β-amino-alcohol motifs (C(OH)–C–C–N with tert-alkyl or cyclic N) is 1. The highest BCUT2D eigenvalue weighted by molar-refractivity contribution is 5.76. The fourth-order valence-corrected chi connectivity index (χ4v) is 2.77. The lowest BCUT2D eigenvalue weighted by Crippen LogP contribution is -2.49. The smallest absolute Gasteiger partial charge is 0.325 e. The van der Waals surface area contributed by atoms with Crippen molar-refractivity contribution in [2.75, 3.05) is 39.3 Å². The Labute approximate surface area is 124 Å². The summed E-state index contributed by atoms with van der Waals surface area (Å²) in [5.41, 5.74) is 1.37. The van der Waals surface area contributed by atoms with Gasteiger partial charge >= 0.3 is 5.97 Å². The van der Waals surface area contributed by atoms with Gasteiger partial charge in [0.15, 0.2) is 0 Å². The maximum Gasteiger partial charge on any atom is 0.325 e. The number of aliphatic hydroxyl groups excluding tert-OH is 1.